The van der Waals surface area contributed by atoms with E-state index in [9.17, 15) is 9.90 Å². The number of thioether (sulfide) groups is 1. The fourth-order valence-electron chi connectivity index (χ4n) is 2.87. The van der Waals surface area contributed by atoms with Gasteiger partial charge in [0, 0.05) is 18.9 Å². The van der Waals surface area contributed by atoms with E-state index in [-0.39, 0.29) is 5.91 Å². The lowest BCUT2D eigenvalue weighted by molar-refractivity contribution is -0.140. The van der Waals surface area contributed by atoms with Gasteiger partial charge in [0.1, 0.15) is 11.4 Å². The van der Waals surface area contributed by atoms with Crippen molar-refractivity contribution in [2.24, 2.45) is 0 Å². The van der Waals surface area contributed by atoms with E-state index in [0.29, 0.717) is 19.4 Å². The number of carbonyl (C=O) groups is 1. The maximum absolute atomic E-state index is 12.3. The number of nitrogens with one attached hydrogen (secondary N) is 1. The molecule has 2 N–H and O–H groups in total. The molecule has 5 nitrogen and oxygen atoms in total. The van der Waals surface area contributed by atoms with Crippen molar-refractivity contribution in [3.8, 4) is 0 Å². The Morgan fingerprint density at radius 1 is 1.29 bits per heavy atom. The second-order valence-electron chi connectivity index (χ2n) is 6.10. The average Bonchev–Trinajstić information content (AvgIpc) is 3.07. The maximum Gasteiger partial charge on any atom is 0.252 e. The summed E-state index contributed by atoms with van der Waals surface area (Å²) in [5.74, 6) is 2.19. The largest absolute Gasteiger partial charge is 0.380 e. The molecule has 1 aliphatic heterocycles. The first-order chi connectivity index (χ1) is 11.7. The Morgan fingerprint density at radius 3 is 2.79 bits per heavy atom. The Hall–Kier alpha value is -1.79. The Bertz CT molecular complexity index is 666. The number of hydrogen-bond donors (Lipinski definition) is 2. The number of aryl methyl sites for hydroxylation is 2. The van der Waals surface area contributed by atoms with Crippen molar-refractivity contribution >= 4 is 17.7 Å². The van der Waals surface area contributed by atoms with Crippen LogP contribution in [-0.4, -0.2) is 37.7 Å². The number of aliphatic hydroxyl groups is 1. The number of imidazole rings is 1. The highest BCUT2D eigenvalue weighted by Crippen LogP contribution is 2.27. The minimum atomic E-state index is -1.22. The lowest BCUT2D eigenvalue weighted by atomic mass is 9.96. The summed E-state index contributed by atoms with van der Waals surface area (Å²) in [6, 6.07) is 10.3. The van der Waals surface area contributed by atoms with Crippen LogP contribution in [0.25, 0.3) is 0 Å². The van der Waals surface area contributed by atoms with Gasteiger partial charge in [0.15, 0.2) is 0 Å². The van der Waals surface area contributed by atoms with Gasteiger partial charge in [-0.05, 0) is 36.3 Å². The average molecular weight is 345 g/mol. The molecule has 0 spiro atoms. The highest BCUT2D eigenvalue weighted by Gasteiger charge is 2.37. The molecule has 0 saturated carbocycles. The van der Waals surface area contributed by atoms with Crippen molar-refractivity contribution in [2.45, 2.75) is 38.0 Å². The lowest BCUT2D eigenvalue weighted by Crippen LogP contribution is -2.49. The zero-order chi connectivity index (χ0) is 16.8. The molecule has 1 amide bonds. The van der Waals surface area contributed by atoms with Gasteiger partial charge in [-0.3, -0.25) is 4.79 Å². The highest BCUT2D eigenvalue weighted by molar-refractivity contribution is 7.99. The van der Waals surface area contributed by atoms with Crippen LogP contribution in [0.3, 0.4) is 0 Å². The molecular weight excluding hydrogens is 322 g/mol. The minimum absolute atomic E-state index is 0.277. The summed E-state index contributed by atoms with van der Waals surface area (Å²) in [4.78, 5) is 16.6. The summed E-state index contributed by atoms with van der Waals surface area (Å²) in [6.45, 7) is 1.16. The molecule has 0 bridgehead atoms. The van der Waals surface area contributed by atoms with Gasteiger partial charge in [-0.15, -0.1) is 0 Å². The molecule has 1 saturated heterocycles. The first kappa shape index (κ1) is 17.0. The molecular formula is C18H23N3O2S. The molecule has 0 aliphatic carbocycles. The van der Waals surface area contributed by atoms with E-state index >= 15 is 0 Å². The summed E-state index contributed by atoms with van der Waals surface area (Å²) in [5, 5.41) is 13.3. The third-order valence-corrected chi connectivity index (χ3v) is 5.42. The van der Waals surface area contributed by atoms with Crippen LogP contribution in [0.1, 0.15) is 24.2 Å². The smallest absolute Gasteiger partial charge is 0.252 e. The van der Waals surface area contributed by atoms with Crippen LogP contribution >= 0.6 is 11.8 Å². The standard InChI is InChI=1S/C18H23N3O2S/c22-17(18(23)7-12-24-13-8-18)20-14-16-19-9-11-21(16)10-6-15-4-2-1-3-5-15/h1-5,9,11,23H,6-8,10,12-14H2,(H,20,22). The van der Waals surface area contributed by atoms with E-state index in [4.69, 9.17) is 0 Å². The molecule has 2 heterocycles. The lowest BCUT2D eigenvalue weighted by Gasteiger charge is -2.30. The van der Waals surface area contributed by atoms with Crippen molar-refractivity contribution in [3.63, 3.8) is 0 Å². The Morgan fingerprint density at radius 2 is 2.04 bits per heavy atom. The normalized spacial score (nSPS) is 16.7. The second kappa shape index (κ2) is 7.85. The van der Waals surface area contributed by atoms with Crippen LogP contribution in [0, 0.1) is 0 Å². The van der Waals surface area contributed by atoms with Gasteiger partial charge in [0.05, 0.1) is 6.54 Å². The fraction of sp³-hybridized carbons (Fsp3) is 0.444. The van der Waals surface area contributed by atoms with Crippen LogP contribution < -0.4 is 5.32 Å². The first-order valence-electron chi connectivity index (χ1n) is 8.30. The molecule has 2 aromatic rings. The molecule has 6 heteroatoms. The summed E-state index contributed by atoms with van der Waals surface area (Å²) >= 11 is 1.78. The van der Waals surface area contributed by atoms with E-state index in [1.165, 1.54) is 5.56 Å². The van der Waals surface area contributed by atoms with Crippen molar-refractivity contribution in [2.75, 3.05) is 11.5 Å². The van der Waals surface area contributed by atoms with Gasteiger partial charge >= 0.3 is 0 Å². The van der Waals surface area contributed by atoms with Crippen LogP contribution in [-0.2, 0) is 24.3 Å². The zero-order valence-corrected chi connectivity index (χ0v) is 14.5. The molecule has 1 aliphatic rings. The molecule has 1 aromatic heterocycles. The van der Waals surface area contributed by atoms with Gasteiger partial charge in [0.2, 0.25) is 0 Å². The fourth-order valence-corrected chi connectivity index (χ4v) is 4.03. The van der Waals surface area contributed by atoms with Crippen LogP contribution in [0.5, 0.6) is 0 Å². The number of benzene rings is 1. The number of amides is 1. The molecule has 128 valence electrons. The topological polar surface area (TPSA) is 67.2 Å². The van der Waals surface area contributed by atoms with E-state index in [1.54, 1.807) is 18.0 Å². The SMILES string of the molecule is O=C(NCc1nccn1CCc1ccccc1)C1(O)CCSCC1. The van der Waals surface area contributed by atoms with Crippen molar-refractivity contribution in [3.05, 3.63) is 54.1 Å². The highest BCUT2D eigenvalue weighted by atomic mass is 32.2. The van der Waals surface area contributed by atoms with Gasteiger partial charge in [-0.2, -0.15) is 11.8 Å². The minimum Gasteiger partial charge on any atom is -0.380 e. The van der Waals surface area contributed by atoms with E-state index in [1.807, 2.05) is 29.0 Å². The molecule has 0 radical (unpaired) electrons. The van der Waals surface area contributed by atoms with Crippen molar-refractivity contribution < 1.29 is 9.90 Å². The molecule has 0 unspecified atom stereocenters. The van der Waals surface area contributed by atoms with E-state index in [0.717, 1.165) is 30.3 Å². The molecule has 1 aromatic carbocycles. The molecule has 3 rings (SSSR count). The Kier molecular flexibility index (Phi) is 5.58. The van der Waals surface area contributed by atoms with Gasteiger partial charge < -0.3 is 15.0 Å². The van der Waals surface area contributed by atoms with Crippen molar-refractivity contribution in [1.82, 2.24) is 14.9 Å². The van der Waals surface area contributed by atoms with Crippen LogP contribution in [0.2, 0.25) is 0 Å². The Labute approximate surface area is 146 Å². The van der Waals surface area contributed by atoms with E-state index < -0.39 is 5.60 Å². The summed E-state index contributed by atoms with van der Waals surface area (Å²) in [6.07, 6.45) is 5.63. The summed E-state index contributed by atoms with van der Waals surface area (Å²) < 4.78 is 2.05. The van der Waals surface area contributed by atoms with Crippen LogP contribution in [0.15, 0.2) is 42.7 Å². The summed E-state index contributed by atoms with van der Waals surface area (Å²) in [5.41, 5.74) is 0.0578. The van der Waals surface area contributed by atoms with Gasteiger partial charge in [-0.1, -0.05) is 30.3 Å². The molecule has 24 heavy (non-hydrogen) atoms. The predicted molar refractivity (Wildman–Crippen MR) is 95.7 cm³/mol. The number of nitrogens with zero attached hydrogens (tertiary/aromatic N) is 2. The monoisotopic (exact) mass is 345 g/mol. The number of rotatable bonds is 6. The Balaban J connectivity index is 1.54. The van der Waals surface area contributed by atoms with Gasteiger partial charge in [-0.25, -0.2) is 4.98 Å². The predicted octanol–water partition coefficient (Wildman–Crippen LogP) is 2.00. The first-order valence-corrected chi connectivity index (χ1v) is 9.45. The third kappa shape index (κ3) is 4.19. The summed E-state index contributed by atoms with van der Waals surface area (Å²) in [7, 11) is 0. The zero-order valence-electron chi connectivity index (χ0n) is 13.6. The number of carbonyl (C=O) groups excluding carboxylic acids is 1. The van der Waals surface area contributed by atoms with Crippen LogP contribution in [0.4, 0.5) is 0 Å². The second-order valence-corrected chi connectivity index (χ2v) is 7.32. The quantitative estimate of drug-likeness (QED) is 0.840. The third-order valence-electron chi connectivity index (χ3n) is 4.44. The molecule has 0 atom stereocenters. The number of hydrogen-bond acceptors (Lipinski definition) is 4. The van der Waals surface area contributed by atoms with Crippen molar-refractivity contribution in [1.29, 1.82) is 0 Å². The molecule has 1 fully saturated rings. The van der Waals surface area contributed by atoms with E-state index in [2.05, 4.69) is 22.4 Å². The number of aromatic nitrogens is 2. The maximum atomic E-state index is 12.3. The van der Waals surface area contributed by atoms with Gasteiger partial charge in [0.25, 0.3) is 5.91 Å².